The zero-order valence-electron chi connectivity index (χ0n) is 49.1. The van der Waals surface area contributed by atoms with Gasteiger partial charge in [-0.25, -0.2) is 4.57 Å². The van der Waals surface area contributed by atoms with Crippen molar-refractivity contribution >= 4 is 25.7 Å². The van der Waals surface area contributed by atoms with E-state index in [-0.39, 0.29) is 25.9 Å². The molecule has 0 heterocycles. The molecule has 0 fully saturated rings. The van der Waals surface area contributed by atoms with E-state index in [1.54, 1.807) is 0 Å². The molecule has 0 saturated carbocycles. The zero-order valence-corrected chi connectivity index (χ0v) is 50.0. The van der Waals surface area contributed by atoms with Crippen molar-refractivity contribution in [2.75, 3.05) is 26.4 Å². The summed E-state index contributed by atoms with van der Waals surface area (Å²) in [6.45, 7) is 4.29. The van der Waals surface area contributed by atoms with Crippen molar-refractivity contribution in [3.63, 3.8) is 0 Å². The van der Waals surface area contributed by atoms with Gasteiger partial charge in [0.15, 0.2) is 6.10 Å². The van der Waals surface area contributed by atoms with Crippen molar-refractivity contribution in [1.82, 2.24) is 0 Å². The number of phosphoric ester groups is 1. The number of unbranched alkanes of at least 4 members (excludes halogenated alkanes) is 18. The summed E-state index contributed by atoms with van der Waals surface area (Å²) in [5.41, 5.74) is 0. The van der Waals surface area contributed by atoms with Gasteiger partial charge in [0, 0.05) is 19.3 Å². The highest BCUT2D eigenvalue weighted by molar-refractivity contribution is 7.47. The standard InChI is InChI=1S/C66H109O11P/c1-4-7-10-13-16-19-22-25-27-29-31-33-35-38-40-43-46-49-52-55-64(68)73-59-63(77-66(70)57-54-51-48-45-42-39-36-34-32-30-28-26-23-20-17-14-11-8-5-2)61-75-78(71,72)74-60-62(58-67)76-65(69)56-53-50-47-44-41-37-24-21-18-15-12-9-6-3/h8-9,11-12,17-18,20-21,25-28,32,34,37,39,41-42,48,51,62-63,67H,4-7,10,13-16,19,22-24,29-31,33,35-36,38,40,43-47,49-50,52-61H2,1-3H3,(H,71,72)/b11-8-,12-9-,20-17-,21-18-,27-25-,28-26-,34-32-,41-37-,42-39-,51-48-. The second-order valence-electron chi connectivity index (χ2n) is 19.7. The van der Waals surface area contributed by atoms with E-state index in [1.807, 2.05) is 12.2 Å². The molecule has 0 aliphatic rings. The van der Waals surface area contributed by atoms with Crippen LogP contribution in [0.2, 0.25) is 0 Å². The fraction of sp³-hybridized carbons (Fsp3) is 0.652. The van der Waals surface area contributed by atoms with Crippen LogP contribution < -0.4 is 0 Å². The molecule has 0 spiro atoms. The molecule has 2 N–H and O–H groups in total. The van der Waals surface area contributed by atoms with E-state index in [1.165, 1.54) is 83.5 Å². The molecule has 0 aliphatic carbocycles. The van der Waals surface area contributed by atoms with Gasteiger partial charge in [0.05, 0.1) is 19.8 Å². The molecule has 0 aromatic rings. The zero-order chi connectivity index (χ0) is 56.9. The third kappa shape index (κ3) is 56.6. The minimum Gasteiger partial charge on any atom is -0.462 e. The van der Waals surface area contributed by atoms with Crippen LogP contribution in [0.25, 0.3) is 0 Å². The quantitative estimate of drug-likeness (QED) is 0.0197. The highest BCUT2D eigenvalue weighted by Gasteiger charge is 2.28. The van der Waals surface area contributed by atoms with Gasteiger partial charge in [0.2, 0.25) is 0 Å². The Morgan fingerprint density at radius 3 is 1.13 bits per heavy atom. The van der Waals surface area contributed by atoms with E-state index in [0.717, 1.165) is 89.9 Å². The molecular weight excluding hydrogens is 1000 g/mol. The van der Waals surface area contributed by atoms with Crippen molar-refractivity contribution in [3.8, 4) is 0 Å². The summed E-state index contributed by atoms with van der Waals surface area (Å²) in [7, 11) is -4.79. The van der Waals surface area contributed by atoms with E-state index in [9.17, 15) is 28.9 Å². The van der Waals surface area contributed by atoms with Crippen LogP contribution >= 0.6 is 7.82 Å². The third-order valence-electron chi connectivity index (χ3n) is 12.4. The van der Waals surface area contributed by atoms with Gasteiger partial charge < -0.3 is 24.2 Å². The fourth-order valence-electron chi connectivity index (χ4n) is 7.80. The summed E-state index contributed by atoms with van der Waals surface area (Å²) >= 11 is 0. The van der Waals surface area contributed by atoms with E-state index in [0.29, 0.717) is 25.7 Å². The summed E-state index contributed by atoms with van der Waals surface area (Å²) in [4.78, 5) is 48.6. The molecule has 0 rings (SSSR count). The molecule has 11 nitrogen and oxygen atoms in total. The predicted octanol–water partition coefficient (Wildman–Crippen LogP) is 18.4. The number of aliphatic hydroxyl groups is 1. The molecule has 78 heavy (non-hydrogen) atoms. The first-order chi connectivity index (χ1) is 38.2. The van der Waals surface area contributed by atoms with Crippen molar-refractivity contribution in [3.05, 3.63) is 122 Å². The van der Waals surface area contributed by atoms with Gasteiger partial charge in [-0.05, 0) is 116 Å². The first-order valence-electron chi connectivity index (χ1n) is 30.4. The molecule has 0 aromatic carbocycles. The number of hydrogen-bond donors (Lipinski definition) is 2. The van der Waals surface area contributed by atoms with Crippen molar-refractivity contribution in [2.24, 2.45) is 0 Å². The van der Waals surface area contributed by atoms with E-state index in [2.05, 4.69) is 130 Å². The molecule has 0 saturated heterocycles. The molecule has 0 aliphatic heterocycles. The molecule has 0 aromatic heterocycles. The van der Waals surface area contributed by atoms with Gasteiger partial charge in [-0.2, -0.15) is 0 Å². The first kappa shape index (κ1) is 73.9. The van der Waals surface area contributed by atoms with Crippen molar-refractivity contribution in [2.45, 2.75) is 251 Å². The number of esters is 3. The second-order valence-corrected chi connectivity index (χ2v) is 21.2. The molecule has 0 amide bonds. The Morgan fingerprint density at radius 1 is 0.372 bits per heavy atom. The van der Waals surface area contributed by atoms with Crippen LogP contribution in [0.5, 0.6) is 0 Å². The number of carbonyl (C=O) groups excluding carboxylic acids is 3. The summed E-state index contributed by atoms with van der Waals surface area (Å²) in [6.07, 6.45) is 73.2. The highest BCUT2D eigenvalue weighted by Crippen LogP contribution is 2.43. The van der Waals surface area contributed by atoms with Crippen LogP contribution in [0.15, 0.2) is 122 Å². The molecule has 12 heteroatoms. The minimum atomic E-state index is -4.79. The summed E-state index contributed by atoms with van der Waals surface area (Å²) in [5.74, 6) is -1.61. The molecule has 0 radical (unpaired) electrons. The van der Waals surface area contributed by atoms with Gasteiger partial charge >= 0.3 is 25.7 Å². The number of allylic oxidation sites excluding steroid dienone is 20. The average molecular weight is 1110 g/mol. The Morgan fingerprint density at radius 2 is 0.692 bits per heavy atom. The molecular formula is C66H109O11P. The number of carbonyl (C=O) groups is 3. The normalized spacial score (nSPS) is 14.2. The Labute approximate surface area is 475 Å². The maximum atomic E-state index is 12.9. The lowest BCUT2D eigenvalue weighted by Crippen LogP contribution is -2.30. The number of hydrogen-bond acceptors (Lipinski definition) is 10. The second kappa shape index (κ2) is 59.0. The van der Waals surface area contributed by atoms with Gasteiger partial charge in [-0.3, -0.25) is 23.4 Å². The van der Waals surface area contributed by atoms with E-state index >= 15 is 0 Å². The molecule has 444 valence electrons. The van der Waals surface area contributed by atoms with Crippen molar-refractivity contribution < 1.29 is 52.2 Å². The van der Waals surface area contributed by atoms with Crippen LogP contribution in [0.3, 0.4) is 0 Å². The fourth-order valence-corrected chi connectivity index (χ4v) is 8.59. The topological polar surface area (TPSA) is 155 Å². The van der Waals surface area contributed by atoms with E-state index < -0.39 is 57.8 Å². The molecule has 3 atom stereocenters. The lowest BCUT2D eigenvalue weighted by Gasteiger charge is -2.21. The molecule has 3 unspecified atom stereocenters. The third-order valence-corrected chi connectivity index (χ3v) is 13.3. The maximum absolute atomic E-state index is 12.9. The average Bonchev–Trinajstić information content (AvgIpc) is 3.43. The largest absolute Gasteiger partial charge is 0.472 e. The summed E-state index contributed by atoms with van der Waals surface area (Å²) < 4.78 is 39.5. The summed E-state index contributed by atoms with van der Waals surface area (Å²) in [5, 5.41) is 9.81. The Hall–Kier alpha value is -4.12. The van der Waals surface area contributed by atoms with Gasteiger partial charge in [-0.15, -0.1) is 0 Å². The Kier molecular flexibility index (Phi) is 55.9. The lowest BCUT2D eigenvalue weighted by molar-refractivity contribution is -0.161. The SMILES string of the molecule is CC/C=C\C/C=C\C/C=C\C/C=C\C/C=C\C/C=C\CCC(=O)OC(COC(=O)CCCCCCCCCCC/C=C\CCCCCCCC)COP(=O)(O)OCC(CO)OC(=O)CCCCC/C=C\C/C=C\C/C=C\CC. The summed E-state index contributed by atoms with van der Waals surface area (Å²) in [6, 6.07) is 0. The Balaban J connectivity index is 4.86. The predicted molar refractivity (Wildman–Crippen MR) is 325 cm³/mol. The molecule has 0 bridgehead atoms. The maximum Gasteiger partial charge on any atom is 0.472 e. The number of rotatable bonds is 55. The van der Waals surface area contributed by atoms with Crippen LogP contribution in [-0.2, 0) is 42.2 Å². The van der Waals surface area contributed by atoms with Crippen LogP contribution in [0.1, 0.15) is 239 Å². The van der Waals surface area contributed by atoms with Crippen LogP contribution in [-0.4, -0.2) is 66.5 Å². The van der Waals surface area contributed by atoms with Crippen LogP contribution in [0, 0.1) is 0 Å². The van der Waals surface area contributed by atoms with Crippen LogP contribution in [0.4, 0.5) is 0 Å². The van der Waals surface area contributed by atoms with Gasteiger partial charge in [0.1, 0.15) is 12.7 Å². The van der Waals surface area contributed by atoms with Crippen molar-refractivity contribution in [1.29, 1.82) is 0 Å². The first-order valence-corrected chi connectivity index (χ1v) is 31.9. The van der Waals surface area contributed by atoms with E-state index in [4.69, 9.17) is 23.3 Å². The monoisotopic (exact) mass is 1110 g/mol. The lowest BCUT2D eigenvalue weighted by atomic mass is 10.1. The smallest absolute Gasteiger partial charge is 0.462 e. The minimum absolute atomic E-state index is 0.0344. The van der Waals surface area contributed by atoms with Gasteiger partial charge in [0.25, 0.3) is 0 Å². The Bertz CT molecular complexity index is 1770. The number of ether oxygens (including phenoxy) is 3. The van der Waals surface area contributed by atoms with Gasteiger partial charge in [-0.1, -0.05) is 226 Å². The highest BCUT2D eigenvalue weighted by atomic mass is 31.2. The number of aliphatic hydroxyl groups excluding tert-OH is 1. The number of phosphoric acid groups is 1.